The van der Waals surface area contributed by atoms with Gasteiger partial charge in [0.1, 0.15) is 5.69 Å². The molecule has 8 nitrogen and oxygen atoms in total. The summed E-state index contributed by atoms with van der Waals surface area (Å²) in [6.45, 7) is 8.16. The highest BCUT2D eigenvalue weighted by Gasteiger charge is 2.16. The van der Waals surface area contributed by atoms with Crippen LogP contribution in [0.2, 0.25) is 0 Å². The molecule has 0 spiro atoms. The first-order valence-electron chi connectivity index (χ1n) is 9.85. The summed E-state index contributed by atoms with van der Waals surface area (Å²) in [5.41, 5.74) is 4.90. The van der Waals surface area contributed by atoms with E-state index in [4.69, 9.17) is 0 Å². The topological polar surface area (TPSA) is 116 Å². The molecule has 0 atom stereocenters. The monoisotopic (exact) mass is 418 g/mol. The lowest BCUT2D eigenvalue weighted by Crippen LogP contribution is -2.14. The summed E-state index contributed by atoms with van der Waals surface area (Å²) in [6, 6.07) is 15.4. The summed E-state index contributed by atoms with van der Waals surface area (Å²) < 4.78 is 0. The molecule has 0 saturated carbocycles. The van der Waals surface area contributed by atoms with E-state index in [1.165, 1.54) is 6.33 Å². The van der Waals surface area contributed by atoms with Gasteiger partial charge in [-0.2, -0.15) is 0 Å². The maximum atomic E-state index is 11.9. The third kappa shape index (κ3) is 5.36. The van der Waals surface area contributed by atoms with Crippen LogP contribution in [0.3, 0.4) is 0 Å². The Morgan fingerprint density at radius 2 is 1.77 bits per heavy atom. The lowest BCUT2D eigenvalue weighted by atomic mass is 9.86. The molecular formula is C23H26N6O2. The number of carbonyl (C=O) groups is 2. The molecule has 2 heterocycles. The minimum absolute atomic E-state index is 0.0621. The lowest BCUT2D eigenvalue weighted by Gasteiger charge is -2.21. The number of carbonyl (C=O) groups excluding carboxylic acids is 2. The molecule has 2 aromatic carbocycles. The number of hydrogen-bond acceptors (Lipinski definition) is 4. The summed E-state index contributed by atoms with van der Waals surface area (Å²) in [5.74, 6) is 0.136. The predicted molar refractivity (Wildman–Crippen MR) is 122 cm³/mol. The first-order chi connectivity index (χ1) is 14.8. The third-order valence-electron chi connectivity index (χ3n) is 4.62. The van der Waals surface area contributed by atoms with Crippen LogP contribution in [0.1, 0.15) is 42.5 Å². The van der Waals surface area contributed by atoms with Crippen LogP contribution >= 0.6 is 0 Å². The number of hydrogen-bond donors (Lipinski definition) is 4. The number of H-pyrrole nitrogens is 2. The van der Waals surface area contributed by atoms with Crippen molar-refractivity contribution in [2.45, 2.75) is 33.1 Å². The third-order valence-corrected chi connectivity index (χ3v) is 4.62. The number of fused-ring (bicyclic) bond motifs is 1. The van der Waals surface area contributed by atoms with Crippen LogP contribution in [0, 0.1) is 6.92 Å². The van der Waals surface area contributed by atoms with Gasteiger partial charge in [-0.3, -0.25) is 14.9 Å². The first kappa shape index (κ1) is 21.8. The number of imidazole rings is 2. The average Bonchev–Trinajstić information content (AvgIpc) is 3.33. The second kappa shape index (κ2) is 9.25. The van der Waals surface area contributed by atoms with E-state index in [0.29, 0.717) is 18.1 Å². The van der Waals surface area contributed by atoms with Crippen molar-refractivity contribution >= 4 is 35.0 Å². The standard InChI is InChI=1S/C12H11N5O.C11H15NO/c1-7-10(14-6-13-7)11(18)17-12-15-8-4-2-3-5-9(8)16-12;1-11(2,3)9-6-4-5-7-10(9)12-8-13/h2-6H,1H3,(H,13,14)(H2,15,16,17,18);4-8H,1-3H3,(H,12,13). The Hall–Kier alpha value is -3.94. The second-order valence-corrected chi connectivity index (χ2v) is 7.99. The molecule has 0 aliphatic rings. The summed E-state index contributed by atoms with van der Waals surface area (Å²) in [6.07, 6.45) is 2.20. The van der Waals surface area contributed by atoms with Crippen molar-refractivity contribution in [3.05, 3.63) is 71.8 Å². The molecule has 0 unspecified atom stereocenters. The fourth-order valence-electron chi connectivity index (χ4n) is 3.09. The van der Waals surface area contributed by atoms with Gasteiger partial charge in [0.25, 0.3) is 5.91 Å². The number of rotatable bonds is 4. The van der Waals surface area contributed by atoms with Crippen molar-refractivity contribution in [2.75, 3.05) is 10.6 Å². The number of para-hydroxylation sites is 3. The maximum Gasteiger partial charge on any atom is 0.278 e. The van der Waals surface area contributed by atoms with Crippen molar-refractivity contribution in [2.24, 2.45) is 0 Å². The Morgan fingerprint density at radius 1 is 1.06 bits per heavy atom. The zero-order valence-electron chi connectivity index (χ0n) is 18.0. The number of aryl methyl sites for hydroxylation is 1. The summed E-state index contributed by atoms with van der Waals surface area (Å²) in [5, 5.41) is 5.39. The van der Waals surface area contributed by atoms with Gasteiger partial charge in [0, 0.05) is 11.4 Å². The van der Waals surface area contributed by atoms with Crippen molar-refractivity contribution in [1.29, 1.82) is 0 Å². The van der Waals surface area contributed by atoms with E-state index < -0.39 is 0 Å². The Labute approximate surface area is 180 Å². The second-order valence-electron chi connectivity index (χ2n) is 7.99. The predicted octanol–water partition coefficient (Wildman–Crippen LogP) is 4.40. The number of nitrogens with one attached hydrogen (secondary N) is 4. The normalized spacial score (nSPS) is 10.8. The minimum Gasteiger partial charge on any atom is -0.348 e. The zero-order chi connectivity index (χ0) is 22.4. The van der Waals surface area contributed by atoms with Crippen LogP contribution in [0.15, 0.2) is 54.9 Å². The van der Waals surface area contributed by atoms with Crippen LogP contribution in [0.25, 0.3) is 11.0 Å². The summed E-state index contributed by atoms with van der Waals surface area (Å²) >= 11 is 0. The molecule has 4 N–H and O–H groups in total. The number of nitrogens with zero attached hydrogens (tertiary/aromatic N) is 2. The number of aromatic nitrogens is 4. The number of anilines is 2. The zero-order valence-corrected chi connectivity index (χ0v) is 18.0. The van der Waals surface area contributed by atoms with E-state index in [1.54, 1.807) is 6.92 Å². The number of amides is 2. The highest BCUT2D eigenvalue weighted by Crippen LogP contribution is 2.28. The van der Waals surface area contributed by atoms with E-state index in [1.807, 2.05) is 48.5 Å². The molecular weight excluding hydrogens is 392 g/mol. The van der Waals surface area contributed by atoms with Gasteiger partial charge in [0.05, 0.1) is 17.4 Å². The van der Waals surface area contributed by atoms with Crippen molar-refractivity contribution < 1.29 is 9.59 Å². The highest BCUT2D eigenvalue weighted by atomic mass is 16.2. The largest absolute Gasteiger partial charge is 0.348 e. The SMILES string of the molecule is CC(C)(C)c1ccccc1NC=O.Cc1[nH]cnc1C(=O)Nc1nc2ccccc2[nH]1. The van der Waals surface area contributed by atoms with Crippen LogP contribution in [0.5, 0.6) is 0 Å². The molecule has 4 aromatic rings. The van der Waals surface area contributed by atoms with Gasteiger partial charge in [0.15, 0.2) is 0 Å². The van der Waals surface area contributed by atoms with E-state index in [9.17, 15) is 9.59 Å². The molecule has 2 amide bonds. The smallest absolute Gasteiger partial charge is 0.278 e. The van der Waals surface area contributed by atoms with Crippen LogP contribution in [-0.2, 0) is 10.2 Å². The van der Waals surface area contributed by atoms with Gasteiger partial charge in [0.2, 0.25) is 12.4 Å². The van der Waals surface area contributed by atoms with E-state index in [2.05, 4.69) is 51.3 Å². The molecule has 0 aliphatic heterocycles. The molecule has 0 radical (unpaired) electrons. The number of benzene rings is 2. The Morgan fingerprint density at radius 3 is 2.42 bits per heavy atom. The molecule has 8 heteroatoms. The molecule has 4 rings (SSSR count). The van der Waals surface area contributed by atoms with Crippen LogP contribution < -0.4 is 10.6 Å². The maximum absolute atomic E-state index is 11.9. The van der Waals surface area contributed by atoms with Gasteiger partial charge >= 0.3 is 0 Å². The van der Waals surface area contributed by atoms with Gasteiger partial charge in [-0.25, -0.2) is 9.97 Å². The molecule has 0 aliphatic carbocycles. The van der Waals surface area contributed by atoms with E-state index in [-0.39, 0.29) is 11.3 Å². The Bertz CT molecular complexity index is 1150. The van der Waals surface area contributed by atoms with E-state index >= 15 is 0 Å². The van der Waals surface area contributed by atoms with Crippen LogP contribution in [0.4, 0.5) is 11.6 Å². The van der Waals surface area contributed by atoms with Crippen molar-refractivity contribution in [1.82, 2.24) is 19.9 Å². The minimum atomic E-state index is -0.284. The van der Waals surface area contributed by atoms with Crippen LogP contribution in [-0.4, -0.2) is 32.3 Å². The van der Waals surface area contributed by atoms with Crippen molar-refractivity contribution in [3.8, 4) is 0 Å². The van der Waals surface area contributed by atoms with Crippen molar-refractivity contribution in [3.63, 3.8) is 0 Å². The molecule has 160 valence electrons. The first-order valence-corrected chi connectivity index (χ1v) is 9.85. The lowest BCUT2D eigenvalue weighted by molar-refractivity contribution is -0.105. The fraction of sp³-hybridized carbons (Fsp3) is 0.217. The van der Waals surface area contributed by atoms with Gasteiger partial charge in [-0.15, -0.1) is 0 Å². The average molecular weight is 419 g/mol. The summed E-state index contributed by atoms with van der Waals surface area (Å²) in [7, 11) is 0. The van der Waals surface area contributed by atoms with Gasteiger partial charge in [-0.1, -0.05) is 51.1 Å². The van der Waals surface area contributed by atoms with E-state index in [0.717, 1.165) is 28.0 Å². The fourth-order valence-corrected chi connectivity index (χ4v) is 3.09. The Kier molecular flexibility index (Phi) is 6.49. The molecule has 31 heavy (non-hydrogen) atoms. The molecule has 0 fully saturated rings. The van der Waals surface area contributed by atoms with Gasteiger partial charge < -0.3 is 15.3 Å². The highest BCUT2D eigenvalue weighted by molar-refractivity contribution is 6.03. The van der Waals surface area contributed by atoms with Gasteiger partial charge in [-0.05, 0) is 36.1 Å². The molecule has 0 saturated heterocycles. The summed E-state index contributed by atoms with van der Waals surface area (Å²) in [4.78, 5) is 36.4. The Balaban J connectivity index is 0.000000187. The number of aromatic amines is 2. The molecule has 0 bridgehead atoms. The quantitative estimate of drug-likeness (QED) is 0.368. The molecule has 2 aromatic heterocycles.